The number of hydrogen-bond donors (Lipinski definition) is 1. The van der Waals surface area contributed by atoms with Gasteiger partial charge in [-0.3, -0.25) is 0 Å². The zero-order valence-corrected chi connectivity index (χ0v) is 13.1. The maximum Gasteiger partial charge on any atom is 0.261 e. The summed E-state index contributed by atoms with van der Waals surface area (Å²) in [6, 6.07) is 0. The van der Waals surface area contributed by atoms with Crippen molar-refractivity contribution in [3.8, 4) is 11.5 Å². The minimum absolute atomic E-state index is 0.0877. The van der Waals surface area contributed by atoms with Crippen LogP contribution in [0, 0.1) is 0 Å². The second-order valence-corrected chi connectivity index (χ2v) is 7.44. The standard InChI is InChI=1S/C15H19N3O2S/c1-15(19-2)6-5-9-10(7-15)21-12(16)11(9)14-17-13(18-20-14)8-3-4-8/h8H,3-7,16H2,1-2H3. The highest BCUT2D eigenvalue weighted by atomic mass is 32.1. The first-order chi connectivity index (χ1) is 10.1. The molecule has 2 aromatic rings. The number of nitrogen functional groups attached to an aromatic ring is 1. The number of anilines is 1. The first-order valence-corrected chi connectivity index (χ1v) is 8.20. The lowest BCUT2D eigenvalue weighted by Gasteiger charge is -2.32. The van der Waals surface area contributed by atoms with E-state index in [1.807, 2.05) is 0 Å². The summed E-state index contributed by atoms with van der Waals surface area (Å²) in [5, 5.41) is 4.89. The molecule has 5 nitrogen and oxygen atoms in total. The van der Waals surface area contributed by atoms with Gasteiger partial charge < -0.3 is 15.0 Å². The summed E-state index contributed by atoms with van der Waals surface area (Å²) in [4.78, 5) is 5.85. The third-order valence-corrected chi connectivity index (χ3v) is 5.71. The Bertz CT molecular complexity index is 689. The minimum atomic E-state index is -0.0877. The Morgan fingerprint density at radius 2 is 2.24 bits per heavy atom. The van der Waals surface area contributed by atoms with Gasteiger partial charge in [0, 0.05) is 24.3 Å². The largest absolute Gasteiger partial charge is 0.390 e. The molecular weight excluding hydrogens is 286 g/mol. The SMILES string of the molecule is COC1(C)CCc2c(sc(N)c2-c2nc(C3CC3)no2)C1. The van der Waals surface area contributed by atoms with Gasteiger partial charge in [-0.15, -0.1) is 11.3 Å². The van der Waals surface area contributed by atoms with E-state index in [2.05, 4.69) is 17.1 Å². The maximum atomic E-state index is 6.23. The van der Waals surface area contributed by atoms with Crippen LogP contribution in [0.5, 0.6) is 0 Å². The van der Waals surface area contributed by atoms with Crippen molar-refractivity contribution in [3.63, 3.8) is 0 Å². The van der Waals surface area contributed by atoms with Gasteiger partial charge in [0.15, 0.2) is 5.82 Å². The van der Waals surface area contributed by atoms with Crippen molar-refractivity contribution in [2.24, 2.45) is 0 Å². The monoisotopic (exact) mass is 305 g/mol. The topological polar surface area (TPSA) is 74.2 Å². The number of methoxy groups -OCH3 is 1. The molecular formula is C15H19N3O2S. The molecule has 2 N–H and O–H groups in total. The zero-order valence-electron chi connectivity index (χ0n) is 12.3. The second kappa shape index (κ2) is 4.55. The van der Waals surface area contributed by atoms with Crippen LogP contribution >= 0.6 is 11.3 Å². The van der Waals surface area contributed by atoms with Crippen molar-refractivity contribution in [2.45, 2.75) is 50.5 Å². The maximum absolute atomic E-state index is 6.23. The molecule has 1 atom stereocenters. The van der Waals surface area contributed by atoms with E-state index in [0.29, 0.717) is 11.8 Å². The molecule has 0 radical (unpaired) electrons. The van der Waals surface area contributed by atoms with Crippen LogP contribution in [0.4, 0.5) is 5.00 Å². The van der Waals surface area contributed by atoms with E-state index >= 15 is 0 Å². The van der Waals surface area contributed by atoms with Gasteiger partial charge in [0.05, 0.1) is 16.2 Å². The lowest BCUT2D eigenvalue weighted by molar-refractivity contribution is -0.00404. The molecule has 112 valence electrons. The number of fused-ring (bicyclic) bond motifs is 1. The molecule has 2 aliphatic carbocycles. The van der Waals surface area contributed by atoms with Gasteiger partial charge in [0.25, 0.3) is 5.89 Å². The predicted molar refractivity (Wildman–Crippen MR) is 81.4 cm³/mol. The lowest BCUT2D eigenvalue weighted by Crippen LogP contribution is -2.33. The molecule has 0 aromatic carbocycles. The first kappa shape index (κ1) is 13.3. The summed E-state index contributed by atoms with van der Waals surface area (Å²) >= 11 is 1.63. The number of nitrogens with two attached hydrogens (primary N) is 1. The molecule has 2 aromatic heterocycles. The summed E-state index contributed by atoms with van der Waals surface area (Å²) in [5.41, 5.74) is 8.39. The van der Waals surface area contributed by atoms with Crippen LogP contribution in [0.25, 0.3) is 11.5 Å². The van der Waals surface area contributed by atoms with Gasteiger partial charge in [-0.05, 0) is 38.2 Å². The van der Waals surface area contributed by atoms with E-state index < -0.39 is 0 Å². The van der Waals surface area contributed by atoms with E-state index in [1.165, 1.54) is 23.3 Å². The highest BCUT2D eigenvalue weighted by molar-refractivity contribution is 7.16. The molecule has 1 unspecified atom stereocenters. The molecule has 6 heteroatoms. The molecule has 4 rings (SSSR count). The Hall–Kier alpha value is -1.40. The molecule has 1 fully saturated rings. The van der Waals surface area contributed by atoms with Crippen molar-refractivity contribution in [1.82, 2.24) is 10.1 Å². The average molecular weight is 305 g/mol. The Kier molecular flexibility index (Phi) is 2.87. The molecule has 1 saturated carbocycles. The van der Waals surface area contributed by atoms with Crippen LogP contribution in [0.2, 0.25) is 0 Å². The third-order valence-electron chi connectivity index (χ3n) is 4.65. The van der Waals surface area contributed by atoms with Crippen molar-refractivity contribution >= 4 is 16.3 Å². The Labute approximate surface area is 127 Å². The molecule has 0 aliphatic heterocycles. The van der Waals surface area contributed by atoms with Crippen LogP contribution in [-0.4, -0.2) is 22.9 Å². The van der Waals surface area contributed by atoms with Crippen molar-refractivity contribution in [3.05, 3.63) is 16.3 Å². The van der Waals surface area contributed by atoms with E-state index in [0.717, 1.165) is 35.7 Å². The smallest absolute Gasteiger partial charge is 0.261 e. The van der Waals surface area contributed by atoms with E-state index in [9.17, 15) is 0 Å². The zero-order chi connectivity index (χ0) is 14.6. The number of nitrogens with zero attached hydrogens (tertiary/aromatic N) is 2. The minimum Gasteiger partial charge on any atom is -0.390 e. The molecule has 21 heavy (non-hydrogen) atoms. The number of rotatable bonds is 3. The molecule has 0 bridgehead atoms. The molecule has 0 saturated heterocycles. The summed E-state index contributed by atoms with van der Waals surface area (Å²) in [7, 11) is 1.78. The number of ether oxygens (including phenoxy) is 1. The van der Waals surface area contributed by atoms with Gasteiger partial charge >= 0.3 is 0 Å². The van der Waals surface area contributed by atoms with Crippen LogP contribution in [0.3, 0.4) is 0 Å². The summed E-state index contributed by atoms with van der Waals surface area (Å²) in [5.74, 6) is 1.92. The number of hydrogen-bond acceptors (Lipinski definition) is 6. The fourth-order valence-electron chi connectivity index (χ4n) is 3.01. The quantitative estimate of drug-likeness (QED) is 0.943. The molecule has 2 aliphatic rings. The number of aromatic nitrogens is 2. The van der Waals surface area contributed by atoms with Gasteiger partial charge in [-0.2, -0.15) is 4.98 Å². The van der Waals surface area contributed by atoms with Crippen LogP contribution in [0.15, 0.2) is 4.52 Å². The van der Waals surface area contributed by atoms with Gasteiger partial charge in [-0.1, -0.05) is 5.16 Å². The summed E-state index contributed by atoms with van der Waals surface area (Å²) in [6.45, 7) is 2.16. The average Bonchev–Trinajstić information content (AvgIpc) is 3.12. The van der Waals surface area contributed by atoms with Crippen molar-refractivity contribution in [2.75, 3.05) is 12.8 Å². The highest BCUT2D eigenvalue weighted by Crippen LogP contribution is 2.46. The summed E-state index contributed by atoms with van der Waals surface area (Å²) in [6.07, 6.45) is 5.18. The molecule has 0 amide bonds. The highest BCUT2D eigenvalue weighted by Gasteiger charge is 2.35. The van der Waals surface area contributed by atoms with Crippen LogP contribution in [-0.2, 0) is 17.6 Å². The molecule has 2 heterocycles. The fourth-order valence-corrected chi connectivity index (χ4v) is 4.29. The lowest BCUT2D eigenvalue weighted by atomic mass is 9.84. The Morgan fingerprint density at radius 1 is 1.43 bits per heavy atom. The third kappa shape index (κ3) is 2.17. The second-order valence-electron chi connectivity index (χ2n) is 6.31. The Balaban J connectivity index is 1.73. The molecule has 0 spiro atoms. The van der Waals surface area contributed by atoms with Crippen molar-refractivity contribution < 1.29 is 9.26 Å². The van der Waals surface area contributed by atoms with Crippen LogP contribution in [0.1, 0.15) is 48.4 Å². The van der Waals surface area contributed by atoms with E-state index in [-0.39, 0.29) is 5.60 Å². The fraction of sp³-hybridized carbons (Fsp3) is 0.600. The Morgan fingerprint density at radius 3 is 2.95 bits per heavy atom. The summed E-state index contributed by atoms with van der Waals surface area (Å²) < 4.78 is 11.1. The van der Waals surface area contributed by atoms with Crippen molar-refractivity contribution in [1.29, 1.82) is 0 Å². The first-order valence-electron chi connectivity index (χ1n) is 7.39. The van der Waals surface area contributed by atoms with Gasteiger partial charge in [0.2, 0.25) is 0 Å². The van der Waals surface area contributed by atoms with Gasteiger partial charge in [-0.25, -0.2) is 0 Å². The van der Waals surface area contributed by atoms with E-state index in [1.54, 1.807) is 18.4 Å². The predicted octanol–water partition coefficient (Wildman–Crippen LogP) is 3.15. The van der Waals surface area contributed by atoms with Crippen LogP contribution < -0.4 is 5.73 Å². The van der Waals surface area contributed by atoms with E-state index in [4.69, 9.17) is 15.0 Å². The number of thiophene rings is 1. The van der Waals surface area contributed by atoms with Gasteiger partial charge in [0.1, 0.15) is 0 Å². The normalized spacial score (nSPS) is 25.0.